The topological polar surface area (TPSA) is 76.1 Å². The van der Waals surface area contributed by atoms with Crippen LogP contribution in [0.5, 0.6) is 0 Å². The number of esters is 1. The summed E-state index contributed by atoms with van der Waals surface area (Å²) in [6.07, 6.45) is -1.95. The molecule has 1 aliphatic heterocycles. The van der Waals surface area contributed by atoms with Crippen molar-refractivity contribution in [2.24, 2.45) is 5.92 Å². The van der Waals surface area contributed by atoms with Crippen molar-refractivity contribution in [3.8, 4) is 0 Å². The molecule has 1 aromatic rings. The van der Waals surface area contributed by atoms with Gasteiger partial charge in [-0.3, -0.25) is 4.90 Å². The molecular formula is C15H19NO5. The first kappa shape index (κ1) is 15.3. The van der Waals surface area contributed by atoms with E-state index in [9.17, 15) is 14.7 Å². The van der Waals surface area contributed by atoms with Crippen LogP contribution in [0.15, 0.2) is 30.3 Å². The first-order valence-corrected chi connectivity index (χ1v) is 6.82. The van der Waals surface area contributed by atoms with E-state index in [1.807, 2.05) is 44.2 Å². The van der Waals surface area contributed by atoms with Gasteiger partial charge < -0.3 is 14.6 Å². The van der Waals surface area contributed by atoms with Crippen LogP contribution in [0, 0.1) is 5.92 Å². The number of hydrogen-bond acceptors (Lipinski definition) is 5. The molecule has 6 nitrogen and oxygen atoms in total. The van der Waals surface area contributed by atoms with Crippen LogP contribution in [0.2, 0.25) is 0 Å². The number of aliphatic hydroxyl groups excluding tert-OH is 1. The second kappa shape index (κ2) is 6.58. The minimum atomic E-state index is -1.34. The van der Waals surface area contributed by atoms with Crippen molar-refractivity contribution in [2.45, 2.75) is 32.6 Å². The van der Waals surface area contributed by atoms with Gasteiger partial charge in [0, 0.05) is 0 Å². The predicted molar refractivity (Wildman–Crippen MR) is 74.1 cm³/mol. The van der Waals surface area contributed by atoms with E-state index in [2.05, 4.69) is 0 Å². The summed E-state index contributed by atoms with van der Waals surface area (Å²) >= 11 is 0. The first-order chi connectivity index (χ1) is 10.0. The molecule has 1 N–H and O–H groups in total. The highest BCUT2D eigenvalue weighted by molar-refractivity contribution is 5.79. The fourth-order valence-corrected chi connectivity index (χ4v) is 2.32. The van der Waals surface area contributed by atoms with Gasteiger partial charge in [-0.2, -0.15) is 0 Å². The summed E-state index contributed by atoms with van der Waals surface area (Å²) in [5.74, 6) is -0.807. The lowest BCUT2D eigenvalue weighted by molar-refractivity contribution is -0.177. The molecule has 2 atom stereocenters. The van der Waals surface area contributed by atoms with Crippen molar-refractivity contribution in [2.75, 3.05) is 6.73 Å². The van der Waals surface area contributed by atoms with E-state index in [1.165, 1.54) is 4.90 Å². The zero-order chi connectivity index (χ0) is 15.4. The number of rotatable bonds is 3. The number of ether oxygens (including phenoxy) is 2. The van der Waals surface area contributed by atoms with Crippen LogP contribution in [0.4, 0.5) is 4.79 Å². The summed E-state index contributed by atoms with van der Waals surface area (Å²) in [5, 5.41) is 9.89. The average molecular weight is 293 g/mol. The Labute approximate surface area is 123 Å². The van der Waals surface area contributed by atoms with Gasteiger partial charge in [0.25, 0.3) is 0 Å². The van der Waals surface area contributed by atoms with Crippen molar-refractivity contribution in [1.82, 2.24) is 4.90 Å². The van der Waals surface area contributed by atoms with E-state index in [0.29, 0.717) is 0 Å². The standard InChI is InChI=1S/C15H19NO5/c1-10(2)12-13(17)14(18)21-9-16(12)15(19)20-8-11-6-4-3-5-7-11/h3-7,10,12-13,17H,8-9H2,1-2H3/t12-,13-/m0/s1. The molecule has 1 aromatic carbocycles. The Bertz CT molecular complexity index is 502. The van der Waals surface area contributed by atoms with Gasteiger partial charge in [0.15, 0.2) is 12.8 Å². The zero-order valence-electron chi connectivity index (χ0n) is 12.1. The summed E-state index contributed by atoms with van der Waals surface area (Å²) in [4.78, 5) is 24.8. The molecule has 0 aliphatic carbocycles. The van der Waals surface area contributed by atoms with Crippen LogP contribution in [-0.4, -0.2) is 40.9 Å². The Morgan fingerprint density at radius 3 is 2.71 bits per heavy atom. The second-order valence-electron chi connectivity index (χ2n) is 5.28. The number of carbonyl (C=O) groups excluding carboxylic acids is 2. The SMILES string of the molecule is CC(C)[C@H]1[C@H](O)C(=O)OCN1C(=O)OCc1ccccc1. The van der Waals surface area contributed by atoms with Crippen molar-refractivity contribution < 1.29 is 24.2 Å². The normalized spacial score (nSPS) is 22.1. The third-order valence-electron chi connectivity index (χ3n) is 3.39. The van der Waals surface area contributed by atoms with Gasteiger partial charge in [-0.1, -0.05) is 44.2 Å². The quantitative estimate of drug-likeness (QED) is 0.855. The largest absolute Gasteiger partial charge is 0.444 e. The molecule has 0 saturated carbocycles. The molecule has 0 aromatic heterocycles. The van der Waals surface area contributed by atoms with Gasteiger partial charge in [0.1, 0.15) is 6.61 Å². The molecule has 6 heteroatoms. The lowest BCUT2D eigenvalue weighted by Gasteiger charge is -2.38. The molecule has 0 radical (unpaired) electrons. The van der Waals surface area contributed by atoms with Crippen molar-refractivity contribution in [3.63, 3.8) is 0 Å². The summed E-state index contributed by atoms with van der Waals surface area (Å²) in [7, 11) is 0. The molecular weight excluding hydrogens is 274 g/mol. The molecule has 0 spiro atoms. The van der Waals surface area contributed by atoms with Crippen molar-refractivity contribution in [3.05, 3.63) is 35.9 Å². The van der Waals surface area contributed by atoms with E-state index in [-0.39, 0.29) is 19.3 Å². The molecule has 114 valence electrons. The Balaban J connectivity index is 2.01. The maximum absolute atomic E-state index is 12.1. The lowest BCUT2D eigenvalue weighted by Crippen LogP contribution is -2.58. The predicted octanol–water partition coefficient (Wildman–Crippen LogP) is 1.52. The van der Waals surface area contributed by atoms with E-state index >= 15 is 0 Å². The van der Waals surface area contributed by atoms with Gasteiger partial charge in [-0.25, -0.2) is 9.59 Å². The number of aliphatic hydroxyl groups is 1. The number of benzene rings is 1. The minimum Gasteiger partial charge on any atom is -0.444 e. The van der Waals surface area contributed by atoms with Crippen molar-refractivity contribution in [1.29, 1.82) is 0 Å². The summed E-state index contributed by atoms with van der Waals surface area (Å²) < 4.78 is 10.0. The molecule has 1 saturated heterocycles. The molecule has 1 aliphatic rings. The van der Waals surface area contributed by atoms with Gasteiger partial charge >= 0.3 is 12.1 Å². The third kappa shape index (κ3) is 3.52. The third-order valence-corrected chi connectivity index (χ3v) is 3.39. The Morgan fingerprint density at radius 1 is 1.43 bits per heavy atom. The monoisotopic (exact) mass is 293 g/mol. The Morgan fingerprint density at radius 2 is 2.10 bits per heavy atom. The number of hydrogen-bond donors (Lipinski definition) is 1. The smallest absolute Gasteiger partial charge is 0.413 e. The summed E-state index contributed by atoms with van der Waals surface area (Å²) in [6, 6.07) is 8.63. The molecule has 1 fully saturated rings. The fourth-order valence-electron chi connectivity index (χ4n) is 2.32. The number of nitrogens with zero attached hydrogens (tertiary/aromatic N) is 1. The molecule has 1 heterocycles. The summed E-state index contributed by atoms with van der Waals surface area (Å²) in [5.41, 5.74) is 0.862. The lowest BCUT2D eigenvalue weighted by atomic mass is 9.96. The van der Waals surface area contributed by atoms with Crippen LogP contribution in [0.3, 0.4) is 0 Å². The van der Waals surface area contributed by atoms with Gasteiger partial charge in [0.2, 0.25) is 0 Å². The zero-order valence-corrected chi connectivity index (χ0v) is 12.1. The van der Waals surface area contributed by atoms with Gasteiger partial charge in [-0.05, 0) is 11.5 Å². The van der Waals surface area contributed by atoms with E-state index in [4.69, 9.17) is 9.47 Å². The van der Waals surface area contributed by atoms with Gasteiger partial charge in [0.05, 0.1) is 6.04 Å². The molecule has 1 amide bonds. The first-order valence-electron chi connectivity index (χ1n) is 6.82. The van der Waals surface area contributed by atoms with Crippen molar-refractivity contribution >= 4 is 12.1 Å². The molecule has 21 heavy (non-hydrogen) atoms. The van der Waals surface area contributed by atoms with E-state index < -0.39 is 24.2 Å². The maximum Gasteiger partial charge on any atom is 0.413 e. The molecule has 0 bridgehead atoms. The van der Waals surface area contributed by atoms with Gasteiger partial charge in [-0.15, -0.1) is 0 Å². The Kier molecular flexibility index (Phi) is 4.80. The Hall–Kier alpha value is -2.08. The highest BCUT2D eigenvalue weighted by Crippen LogP contribution is 2.21. The maximum atomic E-state index is 12.1. The average Bonchev–Trinajstić information content (AvgIpc) is 2.48. The van der Waals surface area contributed by atoms with Crippen LogP contribution >= 0.6 is 0 Å². The van der Waals surface area contributed by atoms with Crippen LogP contribution in [0.1, 0.15) is 19.4 Å². The molecule has 2 rings (SSSR count). The van der Waals surface area contributed by atoms with Crippen LogP contribution < -0.4 is 0 Å². The number of carbonyl (C=O) groups is 2. The van der Waals surface area contributed by atoms with Crippen LogP contribution in [-0.2, 0) is 20.9 Å². The molecule has 0 unspecified atom stereocenters. The minimum absolute atomic E-state index is 0.0999. The van der Waals surface area contributed by atoms with E-state index in [0.717, 1.165) is 5.56 Å². The highest BCUT2D eigenvalue weighted by atomic mass is 16.6. The number of amides is 1. The second-order valence-corrected chi connectivity index (χ2v) is 5.28. The van der Waals surface area contributed by atoms with E-state index in [1.54, 1.807) is 0 Å². The fraction of sp³-hybridized carbons (Fsp3) is 0.467. The number of cyclic esters (lactones) is 1. The summed E-state index contributed by atoms with van der Waals surface area (Å²) in [6.45, 7) is 3.57. The highest BCUT2D eigenvalue weighted by Gasteiger charge is 2.42. The van der Waals surface area contributed by atoms with Crippen LogP contribution in [0.25, 0.3) is 0 Å².